The molecule has 2 fully saturated rings. The van der Waals surface area contributed by atoms with Crippen LogP contribution in [0.2, 0.25) is 0 Å². The van der Waals surface area contributed by atoms with Gasteiger partial charge in [0.1, 0.15) is 11.6 Å². The predicted molar refractivity (Wildman–Crippen MR) is 129 cm³/mol. The van der Waals surface area contributed by atoms with Crippen molar-refractivity contribution in [2.45, 2.75) is 19.8 Å². The van der Waals surface area contributed by atoms with Crippen LogP contribution in [0.15, 0.2) is 47.1 Å². The van der Waals surface area contributed by atoms with Crippen LogP contribution in [0.1, 0.15) is 19.2 Å². The second-order valence-corrected chi connectivity index (χ2v) is 8.69. The lowest BCUT2D eigenvalue weighted by Gasteiger charge is -2.36. The van der Waals surface area contributed by atoms with Gasteiger partial charge in [-0.25, -0.2) is 4.98 Å². The molecule has 10 heteroatoms. The molecule has 2 saturated heterocycles. The highest BCUT2D eigenvalue weighted by Crippen LogP contribution is 2.29. The number of methoxy groups -OCH3 is 1. The van der Waals surface area contributed by atoms with Gasteiger partial charge in [0.15, 0.2) is 0 Å². The number of amides is 2. The number of carbonyl (C=O) groups excluding carboxylic acids is 2. The van der Waals surface area contributed by atoms with E-state index in [4.69, 9.17) is 9.26 Å². The van der Waals surface area contributed by atoms with Crippen LogP contribution in [0.25, 0.3) is 11.4 Å². The summed E-state index contributed by atoms with van der Waals surface area (Å²) in [7, 11) is 1.59. The van der Waals surface area contributed by atoms with Gasteiger partial charge < -0.3 is 24.0 Å². The largest absolute Gasteiger partial charge is 0.497 e. The zero-order valence-electron chi connectivity index (χ0n) is 19.9. The molecule has 2 aliphatic heterocycles. The van der Waals surface area contributed by atoms with Crippen LogP contribution in [-0.4, -0.2) is 71.7 Å². The number of benzene rings is 1. The van der Waals surface area contributed by atoms with Crippen LogP contribution in [-0.2, 0) is 16.0 Å². The van der Waals surface area contributed by atoms with E-state index in [1.807, 2.05) is 48.2 Å². The molecule has 1 atom stereocenters. The van der Waals surface area contributed by atoms with E-state index in [0.717, 1.165) is 17.1 Å². The van der Waals surface area contributed by atoms with Crippen molar-refractivity contribution in [1.29, 1.82) is 0 Å². The highest BCUT2D eigenvalue weighted by atomic mass is 16.5. The highest BCUT2D eigenvalue weighted by molar-refractivity contribution is 6.00. The normalized spacial score (nSPS) is 18.3. The predicted octanol–water partition coefficient (Wildman–Crippen LogP) is 2.40. The maximum absolute atomic E-state index is 13.2. The minimum atomic E-state index is -0.333. The molecule has 182 valence electrons. The van der Waals surface area contributed by atoms with E-state index in [2.05, 4.69) is 20.0 Å². The smallest absolute Gasteiger partial charge is 0.228 e. The Morgan fingerprint density at radius 1 is 1.17 bits per heavy atom. The minimum Gasteiger partial charge on any atom is -0.497 e. The highest BCUT2D eigenvalue weighted by Gasteiger charge is 2.38. The van der Waals surface area contributed by atoms with Crippen molar-refractivity contribution < 1.29 is 18.8 Å². The third-order valence-corrected chi connectivity index (χ3v) is 6.53. The third kappa shape index (κ3) is 4.68. The molecule has 0 spiro atoms. The van der Waals surface area contributed by atoms with Gasteiger partial charge in [0, 0.05) is 69.1 Å². The maximum atomic E-state index is 13.2. The molecule has 0 bridgehead atoms. The fraction of sp³-hybridized carbons (Fsp3) is 0.400. The molecule has 2 aliphatic rings. The number of carbonyl (C=O) groups is 2. The van der Waals surface area contributed by atoms with E-state index in [1.54, 1.807) is 18.2 Å². The molecule has 1 aromatic carbocycles. The number of pyridine rings is 1. The van der Waals surface area contributed by atoms with Gasteiger partial charge in [0.05, 0.1) is 13.0 Å². The molecule has 0 aliphatic carbocycles. The molecule has 2 aromatic heterocycles. The zero-order valence-corrected chi connectivity index (χ0v) is 19.9. The molecule has 5 rings (SSSR count). The summed E-state index contributed by atoms with van der Waals surface area (Å²) in [6.45, 7) is 4.91. The standard InChI is InChI=1S/C25H28N6O4/c1-3-22-27-24(28-35-22)17-7-8-21(26-15-17)29-9-11-30(12-10-29)25(33)18-13-23(32)31(16-18)19-5-4-6-20(14-19)34-2/h4-8,14-15,18H,3,9-13,16H2,1-2H3. The average molecular weight is 477 g/mol. The minimum absolute atomic E-state index is 0.0350. The lowest BCUT2D eigenvalue weighted by molar-refractivity contribution is -0.136. The van der Waals surface area contributed by atoms with Crippen LogP contribution < -0.4 is 14.5 Å². The van der Waals surface area contributed by atoms with Gasteiger partial charge >= 0.3 is 0 Å². The van der Waals surface area contributed by atoms with E-state index in [1.165, 1.54) is 0 Å². The maximum Gasteiger partial charge on any atom is 0.228 e. The second-order valence-electron chi connectivity index (χ2n) is 8.69. The third-order valence-electron chi connectivity index (χ3n) is 6.53. The van der Waals surface area contributed by atoms with E-state index in [-0.39, 0.29) is 24.2 Å². The van der Waals surface area contributed by atoms with E-state index >= 15 is 0 Å². The monoisotopic (exact) mass is 476 g/mol. The number of anilines is 2. The summed E-state index contributed by atoms with van der Waals surface area (Å²) >= 11 is 0. The number of hydrogen-bond acceptors (Lipinski definition) is 8. The molecule has 35 heavy (non-hydrogen) atoms. The van der Waals surface area contributed by atoms with Crippen molar-refractivity contribution in [3.05, 3.63) is 48.5 Å². The van der Waals surface area contributed by atoms with E-state index < -0.39 is 0 Å². The first-order valence-electron chi connectivity index (χ1n) is 11.8. The van der Waals surface area contributed by atoms with Gasteiger partial charge in [0.25, 0.3) is 0 Å². The van der Waals surface area contributed by atoms with Gasteiger partial charge in [-0.1, -0.05) is 18.1 Å². The van der Waals surface area contributed by atoms with Gasteiger partial charge in [-0.05, 0) is 24.3 Å². The van der Waals surface area contributed by atoms with Gasteiger partial charge in [0.2, 0.25) is 23.5 Å². The van der Waals surface area contributed by atoms with Crippen molar-refractivity contribution in [1.82, 2.24) is 20.0 Å². The van der Waals surface area contributed by atoms with Crippen LogP contribution in [0, 0.1) is 5.92 Å². The van der Waals surface area contributed by atoms with E-state index in [9.17, 15) is 9.59 Å². The van der Waals surface area contributed by atoms with Gasteiger partial charge in [-0.3, -0.25) is 9.59 Å². The van der Waals surface area contributed by atoms with Crippen molar-refractivity contribution in [2.24, 2.45) is 5.92 Å². The summed E-state index contributed by atoms with van der Waals surface area (Å²) in [5, 5.41) is 3.99. The molecule has 0 N–H and O–H groups in total. The Bertz CT molecular complexity index is 1200. The molecule has 0 saturated carbocycles. The lowest BCUT2D eigenvalue weighted by Crippen LogP contribution is -2.51. The SMILES string of the molecule is CCc1nc(-c2ccc(N3CCN(C(=O)C4CC(=O)N(c5cccc(OC)c5)C4)CC3)nc2)no1. The van der Waals surface area contributed by atoms with E-state index in [0.29, 0.717) is 56.6 Å². The Hall–Kier alpha value is -3.95. The molecule has 1 unspecified atom stereocenters. The van der Waals surface area contributed by atoms with Gasteiger partial charge in [-0.15, -0.1) is 0 Å². The quantitative estimate of drug-likeness (QED) is 0.534. The number of piperazine rings is 1. The number of ether oxygens (including phenoxy) is 1. The van der Waals surface area contributed by atoms with Crippen molar-refractivity contribution >= 4 is 23.3 Å². The fourth-order valence-electron chi connectivity index (χ4n) is 4.54. The first-order chi connectivity index (χ1) is 17.1. The average Bonchev–Trinajstić information content (AvgIpc) is 3.55. The topological polar surface area (TPSA) is 105 Å². The van der Waals surface area contributed by atoms with Crippen LogP contribution >= 0.6 is 0 Å². The first-order valence-corrected chi connectivity index (χ1v) is 11.8. The number of hydrogen-bond donors (Lipinski definition) is 0. The molecule has 2 amide bonds. The van der Waals surface area contributed by atoms with Gasteiger partial charge in [-0.2, -0.15) is 4.98 Å². The lowest BCUT2D eigenvalue weighted by atomic mass is 10.1. The first kappa shape index (κ1) is 22.8. The Morgan fingerprint density at radius 2 is 2.00 bits per heavy atom. The zero-order chi connectivity index (χ0) is 24.4. The Kier molecular flexibility index (Phi) is 6.35. The Morgan fingerprint density at radius 3 is 2.69 bits per heavy atom. The number of aryl methyl sites for hydroxylation is 1. The summed E-state index contributed by atoms with van der Waals surface area (Å²) in [5.74, 6) is 2.33. The van der Waals surface area contributed by atoms with Crippen LogP contribution in [0.3, 0.4) is 0 Å². The molecule has 3 aromatic rings. The Labute approximate surface area is 203 Å². The number of nitrogens with zero attached hydrogens (tertiary/aromatic N) is 6. The molecule has 10 nitrogen and oxygen atoms in total. The Balaban J connectivity index is 1.17. The summed E-state index contributed by atoms with van der Waals surface area (Å²) in [6, 6.07) is 11.2. The van der Waals surface area contributed by atoms with Crippen LogP contribution in [0.5, 0.6) is 5.75 Å². The number of aromatic nitrogens is 3. The molecular formula is C25H28N6O4. The van der Waals surface area contributed by atoms with Crippen molar-refractivity contribution in [3.63, 3.8) is 0 Å². The summed E-state index contributed by atoms with van der Waals surface area (Å²) in [4.78, 5) is 40.4. The summed E-state index contributed by atoms with van der Waals surface area (Å²) in [5.41, 5.74) is 1.56. The van der Waals surface area contributed by atoms with Crippen molar-refractivity contribution in [2.75, 3.05) is 49.6 Å². The summed E-state index contributed by atoms with van der Waals surface area (Å²) < 4.78 is 10.4. The molecule has 0 radical (unpaired) electrons. The summed E-state index contributed by atoms with van der Waals surface area (Å²) in [6.07, 6.45) is 2.67. The number of rotatable bonds is 6. The second kappa shape index (κ2) is 9.73. The fourth-order valence-corrected chi connectivity index (χ4v) is 4.54. The van der Waals surface area contributed by atoms with Crippen LogP contribution in [0.4, 0.5) is 11.5 Å². The molecule has 4 heterocycles. The van der Waals surface area contributed by atoms with Crippen molar-refractivity contribution in [3.8, 4) is 17.1 Å². The molecular weight excluding hydrogens is 448 g/mol.